The summed E-state index contributed by atoms with van der Waals surface area (Å²) in [7, 11) is 0. The van der Waals surface area contributed by atoms with Crippen LogP contribution in [0.3, 0.4) is 0 Å². The average molecular weight is 229 g/mol. The summed E-state index contributed by atoms with van der Waals surface area (Å²) in [6.07, 6.45) is 4.78. The Balaban J connectivity index is 2.44. The molecule has 1 unspecified atom stereocenters. The smallest absolute Gasteiger partial charge is 0.264 e. The number of hydrogen-bond acceptors (Lipinski definition) is 6. The summed E-state index contributed by atoms with van der Waals surface area (Å²) in [5.41, 5.74) is 7.96. The zero-order valence-corrected chi connectivity index (χ0v) is 9.15. The Labute approximate surface area is 94.4 Å². The van der Waals surface area contributed by atoms with Gasteiger partial charge in [0.05, 0.1) is 0 Å². The van der Waals surface area contributed by atoms with Crippen LogP contribution in [-0.4, -0.2) is 35.3 Å². The normalized spacial score (nSPS) is 21.6. The van der Waals surface area contributed by atoms with Crippen LogP contribution in [0.15, 0.2) is 11.9 Å². The van der Waals surface area contributed by atoms with Crippen molar-refractivity contribution in [2.24, 2.45) is 11.6 Å². The third-order valence-electron chi connectivity index (χ3n) is 2.48. The van der Waals surface area contributed by atoms with E-state index in [1.165, 1.54) is 11.7 Å². The molecule has 1 heterocycles. The van der Waals surface area contributed by atoms with Crippen LogP contribution in [0.25, 0.3) is 0 Å². The highest BCUT2D eigenvalue weighted by Crippen LogP contribution is 2.11. The molecule has 0 bridgehead atoms. The van der Waals surface area contributed by atoms with Crippen LogP contribution < -0.4 is 22.4 Å². The van der Waals surface area contributed by atoms with E-state index >= 15 is 0 Å². The molecule has 7 nitrogen and oxygen atoms in total. The van der Waals surface area contributed by atoms with Crippen molar-refractivity contribution in [3.63, 3.8) is 0 Å². The van der Waals surface area contributed by atoms with E-state index in [2.05, 4.69) is 5.32 Å². The van der Waals surface area contributed by atoms with Gasteiger partial charge in [-0.3, -0.25) is 10.0 Å². The molecule has 0 radical (unpaired) electrons. The van der Waals surface area contributed by atoms with E-state index in [0.717, 1.165) is 30.8 Å². The number of hydrazine groups is 1. The summed E-state index contributed by atoms with van der Waals surface area (Å²) in [4.78, 5) is 10.8. The van der Waals surface area contributed by atoms with Crippen LogP contribution in [-0.2, 0) is 4.79 Å². The van der Waals surface area contributed by atoms with Gasteiger partial charge in [0.25, 0.3) is 5.91 Å². The molecular weight excluding hydrogens is 210 g/mol. The standard InChI is InChI=1S/C9H19N5O2/c10-7(8-3-1-2-4-12-8)5-14(11)6-9(15)13-16/h5,8,12,16H,1-4,6,10-11H2,(H,13,15)/b7-5-. The molecule has 1 fully saturated rings. The highest BCUT2D eigenvalue weighted by Gasteiger charge is 2.15. The topological polar surface area (TPSA) is 117 Å². The van der Waals surface area contributed by atoms with Crippen LogP contribution in [0.2, 0.25) is 0 Å². The van der Waals surface area contributed by atoms with E-state index in [-0.39, 0.29) is 12.6 Å². The molecule has 1 aliphatic heterocycles. The molecule has 1 aliphatic rings. The first-order valence-electron chi connectivity index (χ1n) is 5.28. The Morgan fingerprint density at radius 1 is 1.62 bits per heavy atom. The van der Waals surface area contributed by atoms with Crippen molar-refractivity contribution in [3.8, 4) is 0 Å². The predicted molar refractivity (Wildman–Crippen MR) is 58.7 cm³/mol. The fraction of sp³-hybridized carbons (Fsp3) is 0.667. The van der Waals surface area contributed by atoms with Gasteiger partial charge in [-0.25, -0.2) is 11.3 Å². The predicted octanol–water partition coefficient (Wildman–Crippen LogP) is -1.39. The maximum atomic E-state index is 10.8. The first kappa shape index (κ1) is 12.8. The van der Waals surface area contributed by atoms with Crippen molar-refractivity contribution in [3.05, 3.63) is 11.9 Å². The Morgan fingerprint density at radius 3 is 2.94 bits per heavy atom. The number of nitrogens with two attached hydrogens (primary N) is 2. The van der Waals surface area contributed by atoms with Crippen LogP contribution >= 0.6 is 0 Å². The van der Waals surface area contributed by atoms with Gasteiger partial charge in [-0.15, -0.1) is 0 Å². The molecule has 0 saturated carbocycles. The Hall–Kier alpha value is -1.31. The van der Waals surface area contributed by atoms with Gasteiger partial charge in [0.1, 0.15) is 6.54 Å². The number of amides is 1. The molecule has 0 aromatic rings. The molecule has 0 aromatic carbocycles. The maximum absolute atomic E-state index is 10.8. The Bertz CT molecular complexity index is 263. The third-order valence-corrected chi connectivity index (χ3v) is 2.48. The number of carbonyl (C=O) groups excluding carboxylic acids is 1. The van der Waals surface area contributed by atoms with Crippen LogP contribution in [0.5, 0.6) is 0 Å². The van der Waals surface area contributed by atoms with Crippen molar-refractivity contribution < 1.29 is 10.0 Å². The SMILES string of the molecule is N/C(=C\N(N)CC(=O)NO)C1CCCCN1. The van der Waals surface area contributed by atoms with Crippen molar-refractivity contribution in [2.45, 2.75) is 25.3 Å². The van der Waals surface area contributed by atoms with Gasteiger partial charge in [0, 0.05) is 17.9 Å². The number of rotatable bonds is 4. The molecule has 1 rings (SSSR count). The summed E-state index contributed by atoms with van der Waals surface area (Å²) >= 11 is 0. The number of hydroxylamine groups is 1. The summed E-state index contributed by atoms with van der Waals surface area (Å²) < 4.78 is 0. The van der Waals surface area contributed by atoms with Crippen molar-refractivity contribution in [1.29, 1.82) is 0 Å². The van der Waals surface area contributed by atoms with Gasteiger partial charge >= 0.3 is 0 Å². The molecule has 7 heteroatoms. The van der Waals surface area contributed by atoms with E-state index in [0.29, 0.717) is 5.70 Å². The van der Waals surface area contributed by atoms with Crippen LogP contribution in [0, 0.1) is 0 Å². The molecule has 0 spiro atoms. The molecule has 1 saturated heterocycles. The lowest BCUT2D eigenvalue weighted by molar-refractivity contribution is -0.129. The molecular formula is C9H19N5O2. The van der Waals surface area contributed by atoms with Gasteiger partial charge in [-0.1, -0.05) is 6.42 Å². The lowest BCUT2D eigenvalue weighted by atomic mass is 10.0. The van der Waals surface area contributed by atoms with Crippen LogP contribution in [0.1, 0.15) is 19.3 Å². The van der Waals surface area contributed by atoms with E-state index in [1.54, 1.807) is 0 Å². The van der Waals surface area contributed by atoms with Gasteiger partial charge in [0.2, 0.25) is 0 Å². The summed E-state index contributed by atoms with van der Waals surface area (Å²) in [6, 6.07) is 0.122. The van der Waals surface area contributed by atoms with Gasteiger partial charge in [-0.2, -0.15) is 0 Å². The number of nitrogens with zero attached hydrogens (tertiary/aromatic N) is 1. The number of nitrogens with one attached hydrogen (secondary N) is 2. The monoisotopic (exact) mass is 229 g/mol. The van der Waals surface area contributed by atoms with Crippen molar-refractivity contribution in [1.82, 2.24) is 15.8 Å². The number of piperidine rings is 1. The highest BCUT2D eigenvalue weighted by molar-refractivity contribution is 5.76. The second kappa shape index (κ2) is 6.31. The van der Waals surface area contributed by atoms with Gasteiger partial charge in [0.15, 0.2) is 0 Å². The van der Waals surface area contributed by atoms with Crippen molar-refractivity contribution >= 4 is 5.91 Å². The fourth-order valence-electron chi connectivity index (χ4n) is 1.66. The minimum absolute atomic E-state index is 0.122. The molecule has 0 aliphatic carbocycles. The lowest BCUT2D eigenvalue weighted by Crippen LogP contribution is -2.41. The minimum atomic E-state index is -0.580. The molecule has 0 aromatic heterocycles. The molecule has 7 N–H and O–H groups in total. The van der Waals surface area contributed by atoms with E-state index in [4.69, 9.17) is 16.8 Å². The summed E-state index contributed by atoms with van der Waals surface area (Å²) in [5, 5.41) is 12.7. The van der Waals surface area contributed by atoms with E-state index < -0.39 is 5.91 Å². The Kier molecular flexibility index (Phi) is 5.03. The van der Waals surface area contributed by atoms with Gasteiger partial charge in [-0.05, 0) is 19.4 Å². The quantitative estimate of drug-likeness (QED) is 0.230. The van der Waals surface area contributed by atoms with Crippen LogP contribution in [0.4, 0.5) is 0 Å². The number of carbonyl (C=O) groups is 1. The molecule has 1 amide bonds. The second-order valence-electron chi connectivity index (χ2n) is 3.84. The zero-order valence-electron chi connectivity index (χ0n) is 9.15. The Morgan fingerprint density at radius 2 is 2.38 bits per heavy atom. The largest absolute Gasteiger partial charge is 0.400 e. The summed E-state index contributed by atoms with van der Waals surface area (Å²) in [6.45, 7) is 0.810. The van der Waals surface area contributed by atoms with E-state index in [1.807, 2.05) is 0 Å². The molecule has 92 valence electrons. The minimum Gasteiger partial charge on any atom is -0.400 e. The lowest BCUT2D eigenvalue weighted by Gasteiger charge is -2.25. The first-order valence-corrected chi connectivity index (χ1v) is 5.28. The maximum Gasteiger partial charge on any atom is 0.264 e. The second-order valence-corrected chi connectivity index (χ2v) is 3.84. The molecule has 1 atom stereocenters. The first-order chi connectivity index (χ1) is 7.63. The molecule has 16 heavy (non-hydrogen) atoms. The number of hydrogen-bond donors (Lipinski definition) is 5. The summed E-state index contributed by atoms with van der Waals surface area (Å²) in [5.74, 6) is 4.95. The fourth-order valence-corrected chi connectivity index (χ4v) is 1.66. The average Bonchev–Trinajstić information content (AvgIpc) is 2.29. The van der Waals surface area contributed by atoms with Crippen molar-refractivity contribution in [2.75, 3.05) is 13.1 Å². The van der Waals surface area contributed by atoms with Gasteiger partial charge < -0.3 is 16.1 Å². The zero-order chi connectivity index (χ0) is 12.0. The third kappa shape index (κ3) is 4.05. The highest BCUT2D eigenvalue weighted by atomic mass is 16.5. The van der Waals surface area contributed by atoms with E-state index in [9.17, 15) is 4.79 Å².